The molecule has 0 N–H and O–H groups in total. The van der Waals surface area contributed by atoms with Crippen molar-refractivity contribution in [2.24, 2.45) is 5.41 Å². The van der Waals surface area contributed by atoms with Crippen LogP contribution in [0.25, 0.3) is 0 Å². The Hall–Kier alpha value is -2.20. The van der Waals surface area contributed by atoms with Crippen molar-refractivity contribution in [2.45, 2.75) is 45.2 Å². The van der Waals surface area contributed by atoms with Crippen LogP contribution in [0.15, 0.2) is 42.5 Å². The quantitative estimate of drug-likeness (QED) is 0.294. The number of rotatable bonds is 7. The molecule has 2 aromatic carbocycles. The molecule has 1 atom stereocenters. The third kappa shape index (κ3) is 5.78. The van der Waals surface area contributed by atoms with Gasteiger partial charge in [-0.2, -0.15) is 18.4 Å². The summed E-state index contributed by atoms with van der Waals surface area (Å²) in [5, 5.41) is 10.0. The van der Waals surface area contributed by atoms with Gasteiger partial charge in [0.05, 0.1) is 23.8 Å². The van der Waals surface area contributed by atoms with Crippen LogP contribution < -0.4 is 9.64 Å². The Bertz CT molecular complexity index is 951. The fourth-order valence-electron chi connectivity index (χ4n) is 4.44. The molecule has 2 aromatic rings. The van der Waals surface area contributed by atoms with Crippen molar-refractivity contribution in [1.82, 2.24) is 0 Å². The Morgan fingerprint density at radius 2 is 1.88 bits per heavy atom. The summed E-state index contributed by atoms with van der Waals surface area (Å²) in [6, 6.07) is 13.9. The van der Waals surface area contributed by atoms with Crippen molar-refractivity contribution < 1.29 is 17.9 Å². The van der Waals surface area contributed by atoms with Crippen LogP contribution in [0.2, 0.25) is 0 Å². The molecule has 3 rings (SSSR count). The number of unbranched alkanes of at least 4 members (excludes halogenated alkanes) is 1. The lowest BCUT2D eigenvalue weighted by molar-refractivity contribution is -0.137. The average molecular weight is 509 g/mol. The number of alkyl halides is 4. The van der Waals surface area contributed by atoms with Crippen molar-refractivity contribution in [2.75, 3.05) is 29.9 Å². The molecule has 32 heavy (non-hydrogen) atoms. The Morgan fingerprint density at radius 3 is 2.47 bits per heavy atom. The first kappa shape index (κ1) is 24.4. The van der Waals surface area contributed by atoms with E-state index in [0.717, 1.165) is 36.4 Å². The predicted molar refractivity (Wildman–Crippen MR) is 124 cm³/mol. The van der Waals surface area contributed by atoms with E-state index in [0.29, 0.717) is 31.3 Å². The number of nitriles is 1. The van der Waals surface area contributed by atoms with E-state index in [-0.39, 0.29) is 11.0 Å². The number of hydrogen-bond acceptors (Lipinski definition) is 3. The zero-order valence-corrected chi connectivity index (χ0v) is 20.0. The number of hydrogen-bond donors (Lipinski definition) is 0. The van der Waals surface area contributed by atoms with Gasteiger partial charge >= 0.3 is 6.18 Å². The van der Waals surface area contributed by atoms with Gasteiger partial charge in [0, 0.05) is 24.1 Å². The van der Waals surface area contributed by atoms with Crippen LogP contribution in [0.5, 0.6) is 5.75 Å². The number of ether oxygens (including phenoxy) is 1. The van der Waals surface area contributed by atoms with Crippen LogP contribution >= 0.6 is 15.9 Å². The highest BCUT2D eigenvalue weighted by Gasteiger charge is 2.38. The van der Waals surface area contributed by atoms with E-state index in [1.54, 1.807) is 12.1 Å². The number of anilines is 1. The van der Waals surface area contributed by atoms with Gasteiger partial charge in [0.1, 0.15) is 5.75 Å². The van der Waals surface area contributed by atoms with Crippen LogP contribution in [0.4, 0.5) is 18.9 Å². The monoisotopic (exact) mass is 508 g/mol. The molecular formula is C25H28BrF3N2O. The Balaban J connectivity index is 1.72. The summed E-state index contributed by atoms with van der Waals surface area (Å²) in [5.41, 5.74) is 0.380. The van der Waals surface area contributed by atoms with E-state index in [4.69, 9.17) is 10.00 Å². The van der Waals surface area contributed by atoms with Crippen molar-refractivity contribution in [3.63, 3.8) is 0 Å². The first-order valence-corrected chi connectivity index (χ1v) is 11.9. The highest BCUT2D eigenvalue weighted by molar-refractivity contribution is 9.09. The Kier molecular flexibility index (Phi) is 7.76. The number of benzene rings is 2. The van der Waals surface area contributed by atoms with Crippen molar-refractivity contribution in [3.05, 3.63) is 59.2 Å². The molecule has 0 unspecified atom stereocenters. The Labute approximate surface area is 196 Å². The number of nitrogens with zero attached hydrogens (tertiary/aromatic N) is 2. The van der Waals surface area contributed by atoms with Crippen molar-refractivity contribution in [1.29, 1.82) is 5.26 Å². The van der Waals surface area contributed by atoms with E-state index in [1.807, 2.05) is 17.0 Å². The molecule has 7 heteroatoms. The molecule has 0 aromatic heterocycles. The maximum atomic E-state index is 13.4. The highest BCUT2D eigenvalue weighted by atomic mass is 79.9. The summed E-state index contributed by atoms with van der Waals surface area (Å²) < 4.78 is 45.9. The molecule has 0 radical (unpaired) electrons. The molecule has 0 amide bonds. The van der Waals surface area contributed by atoms with Gasteiger partial charge in [-0.15, -0.1) is 0 Å². The van der Waals surface area contributed by atoms with Gasteiger partial charge in [0.15, 0.2) is 0 Å². The van der Waals surface area contributed by atoms with Crippen LogP contribution in [0, 0.1) is 16.7 Å². The first-order chi connectivity index (χ1) is 15.2. The van der Waals surface area contributed by atoms with Crippen LogP contribution in [-0.2, 0) is 6.18 Å². The van der Waals surface area contributed by atoms with Gasteiger partial charge in [-0.25, -0.2) is 0 Å². The molecule has 0 aliphatic carbocycles. The molecule has 172 valence electrons. The predicted octanol–water partition coefficient (Wildman–Crippen LogP) is 7.15. The third-order valence-electron chi connectivity index (χ3n) is 6.10. The minimum Gasteiger partial charge on any atom is -0.494 e. The average Bonchev–Trinajstić information content (AvgIpc) is 2.75. The maximum Gasteiger partial charge on any atom is 0.417 e. The van der Waals surface area contributed by atoms with Crippen molar-refractivity contribution >= 4 is 21.6 Å². The van der Waals surface area contributed by atoms with E-state index in [1.165, 1.54) is 11.6 Å². The minimum absolute atomic E-state index is 0.136. The van der Waals surface area contributed by atoms with Gasteiger partial charge in [0.2, 0.25) is 0 Å². The lowest BCUT2D eigenvalue weighted by Gasteiger charge is -2.45. The summed E-state index contributed by atoms with van der Waals surface area (Å²) in [5.74, 6) is 1.15. The summed E-state index contributed by atoms with van der Waals surface area (Å²) in [4.78, 5) is 1.99. The second-order valence-corrected chi connectivity index (χ2v) is 9.70. The zero-order valence-electron chi connectivity index (χ0n) is 18.4. The van der Waals surface area contributed by atoms with E-state index in [9.17, 15) is 13.2 Å². The summed E-state index contributed by atoms with van der Waals surface area (Å²) in [6.45, 7) is 6.29. The van der Waals surface area contributed by atoms with Crippen LogP contribution in [0.1, 0.15) is 55.7 Å². The molecule has 0 spiro atoms. The van der Waals surface area contributed by atoms with Crippen molar-refractivity contribution in [3.8, 4) is 11.8 Å². The van der Waals surface area contributed by atoms with E-state index in [2.05, 4.69) is 41.9 Å². The molecule has 1 fully saturated rings. The number of halogens is 4. The van der Waals surface area contributed by atoms with E-state index >= 15 is 0 Å². The van der Waals surface area contributed by atoms with Gasteiger partial charge in [-0.3, -0.25) is 0 Å². The first-order valence-electron chi connectivity index (χ1n) is 10.8. The topological polar surface area (TPSA) is 36.3 Å². The zero-order chi connectivity index (χ0) is 23.4. The summed E-state index contributed by atoms with van der Waals surface area (Å²) >= 11 is 3.42. The summed E-state index contributed by atoms with van der Waals surface area (Å²) in [7, 11) is 0. The third-order valence-corrected chi connectivity index (χ3v) is 6.66. The lowest BCUT2D eigenvalue weighted by atomic mass is 9.70. The fraction of sp³-hybridized carbons (Fsp3) is 0.480. The molecule has 0 saturated carbocycles. The fourth-order valence-corrected chi connectivity index (χ4v) is 4.84. The Morgan fingerprint density at radius 1 is 1.16 bits per heavy atom. The maximum absolute atomic E-state index is 13.4. The van der Waals surface area contributed by atoms with Gasteiger partial charge in [-0.1, -0.05) is 41.9 Å². The van der Waals surface area contributed by atoms with Gasteiger partial charge in [-0.05, 0) is 66.5 Å². The smallest absolute Gasteiger partial charge is 0.417 e. The second kappa shape index (κ2) is 10.2. The molecule has 1 heterocycles. The van der Waals surface area contributed by atoms with E-state index < -0.39 is 11.7 Å². The molecule has 1 saturated heterocycles. The normalized spacial score (nSPS) is 18.3. The SMILES string of the molecule is CC1(C)CN(c2ccc(C#N)c(C(F)(F)F)c2)CC[C@@H]1c1ccc(OCCCCBr)cc1. The summed E-state index contributed by atoms with van der Waals surface area (Å²) in [6.07, 6.45) is -1.63. The molecule has 1 aliphatic heterocycles. The molecule has 3 nitrogen and oxygen atoms in total. The highest BCUT2D eigenvalue weighted by Crippen LogP contribution is 2.44. The van der Waals surface area contributed by atoms with Gasteiger partial charge in [0.25, 0.3) is 0 Å². The molecule has 0 bridgehead atoms. The standard InChI is InChI=1S/C25H28BrF3N2O/c1-24(2)17-31(20-8-5-19(16-30)23(15-20)25(27,28)29)13-11-22(24)18-6-9-21(10-7-18)32-14-4-3-12-26/h5-10,15,22H,3-4,11-14,17H2,1-2H3/t22-/m1/s1. The largest absolute Gasteiger partial charge is 0.494 e. The minimum atomic E-state index is -4.55. The number of piperidine rings is 1. The second-order valence-electron chi connectivity index (χ2n) is 8.90. The lowest BCUT2D eigenvalue weighted by Crippen LogP contribution is -2.44. The molecular weight excluding hydrogens is 481 g/mol. The van der Waals surface area contributed by atoms with Crippen LogP contribution in [0.3, 0.4) is 0 Å². The van der Waals surface area contributed by atoms with Crippen LogP contribution in [-0.4, -0.2) is 25.0 Å². The molecule has 1 aliphatic rings. The van der Waals surface area contributed by atoms with Gasteiger partial charge < -0.3 is 9.64 Å².